The molecule has 6 unspecified atom stereocenters. The van der Waals surface area contributed by atoms with Crippen LogP contribution in [0.25, 0.3) is 0 Å². The standard InChI is InChI=1S/C39H52N4O9S/c40-27(35(47)48)7-8-29(44)42-28(33(45)43-34(46)36(49)50)22-53-32-31-30-25(37(51)52-31)20-24(19-23-9-17-41-18-10-23)21-26(30)38(11-1-2-12-38)13-3-4-14-39(32)15-5-6-16-39/h9-10,17-18,20,25-28,32,34,46H,1-8,11-16,19,21-22,40H2,(H,42,44)(H,43,45)(H,47,48)(H,49,50). The van der Waals surface area contributed by atoms with E-state index in [4.69, 9.17) is 10.5 Å². The Hall–Kier alpha value is -3.75. The first kappa shape index (κ1) is 39.0. The normalized spacial score (nSPS) is 26.3. The number of thioether (sulfide) groups is 1. The minimum atomic E-state index is -2.19. The van der Waals surface area contributed by atoms with E-state index >= 15 is 0 Å². The third kappa shape index (κ3) is 8.65. The number of ether oxygens (including phenoxy) is 1. The Morgan fingerprint density at radius 1 is 0.925 bits per heavy atom. The maximum absolute atomic E-state index is 14.1. The van der Waals surface area contributed by atoms with Crippen molar-refractivity contribution >= 4 is 41.5 Å². The molecule has 2 fully saturated rings. The number of aromatic nitrogens is 1. The van der Waals surface area contributed by atoms with Crippen molar-refractivity contribution in [2.45, 2.75) is 126 Å². The van der Waals surface area contributed by atoms with Crippen LogP contribution in [0.3, 0.4) is 0 Å². The quantitative estimate of drug-likeness (QED) is 0.0958. The van der Waals surface area contributed by atoms with Gasteiger partial charge < -0.3 is 36.4 Å². The molecule has 5 aliphatic rings. The van der Waals surface area contributed by atoms with Crippen LogP contribution >= 0.6 is 11.8 Å². The highest BCUT2D eigenvalue weighted by Crippen LogP contribution is 2.62. The third-order valence-corrected chi connectivity index (χ3v) is 14.0. The van der Waals surface area contributed by atoms with Crippen molar-refractivity contribution in [2.24, 2.45) is 28.4 Å². The number of carbonyl (C=O) groups is 5. The van der Waals surface area contributed by atoms with Crippen molar-refractivity contribution in [3.63, 3.8) is 0 Å². The van der Waals surface area contributed by atoms with Gasteiger partial charge in [-0.05, 0) is 97.8 Å². The molecule has 6 atom stereocenters. The van der Waals surface area contributed by atoms with E-state index in [-0.39, 0.29) is 46.6 Å². The van der Waals surface area contributed by atoms with Crippen molar-refractivity contribution in [3.05, 3.63) is 53.1 Å². The number of nitrogens with zero attached hydrogens (tertiary/aromatic N) is 1. The molecule has 2 heterocycles. The summed E-state index contributed by atoms with van der Waals surface area (Å²) in [5.74, 6) is -4.40. The SMILES string of the molecule is NC(CCC(=O)NC(CSC1C2=C3C(C=C(Cc4ccncc4)CC3C3(CCCC3)CCCCC13CCCC3)C(=O)O2)C(=O)NC(O)C(=O)O)C(=O)O. The van der Waals surface area contributed by atoms with E-state index in [0.29, 0.717) is 5.76 Å². The molecule has 4 aliphatic carbocycles. The van der Waals surface area contributed by atoms with Crippen LogP contribution in [-0.2, 0) is 35.1 Å². The fourth-order valence-corrected chi connectivity index (χ4v) is 11.4. The number of carboxylic acid groups (broad SMARTS) is 2. The number of nitrogens with one attached hydrogen (secondary N) is 2. The summed E-state index contributed by atoms with van der Waals surface area (Å²) >= 11 is 1.44. The number of allylic oxidation sites excluding steroid dienone is 1. The number of nitrogens with two attached hydrogens (primary N) is 1. The predicted octanol–water partition coefficient (Wildman–Crippen LogP) is 3.99. The van der Waals surface area contributed by atoms with Gasteiger partial charge in [0, 0.05) is 24.6 Å². The first-order valence-electron chi connectivity index (χ1n) is 19.1. The first-order valence-corrected chi connectivity index (χ1v) is 20.1. The van der Waals surface area contributed by atoms with Crippen molar-refractivity contribution < 1.29 is 44.0 Å². The number of aliphatic carboxylic acids is 2. The van der Waals surface area contributed by atoms with Crippen LogP contribution in [0, 0.1) is 22.7 Å². The lowest BCUT2D eigenvalue weighted by atomic mass is 9.59. The summed E-state index contributed by atoms with van der Waals surface area (Å²) in [6.45, 7) is 0. The number of esters is 1. The predicted molar refractivity (Wildman–Crippen MR) is 196 cm³/mol. The summed E-state index contributed by atoms with van der Waals surface area (Å²) in [6, 6.07) is 1.48. The van der Waals surface area contributed by atoms with Gasteiger partial charge in [0.25, 0.3) is 0 Å². The smallest absolute Gasteiger partial charge is 0.353 e. The summed E-state index contributed by atoms with van der Waals surface area (Å²) in [7, 11) is 0. The summed E-state index contributed by atoms with van der Waals surface area (Å²) in [6.07, 6.45) is 17.2. The van der Waals surface area contributed by atoms with E-state index in [1.54, 1.807) is 12.4 Å². The van der Waals surface area contributed by atoms with Crippen molar-refractivity contribution in [3.8, 4) is 0 Å². The molecule has 0 aromatic carbocycles. The number of amides is 2. The molecule has 288 valence electrons. The van der Waals surface area contributed by atoms with Crippen molar-refractivity contribution in [2.75, 3.05) is 5.75 Å². The summed E-state index contributed by atoms with van der Waals surface area (Å²) < 4.78 is 6.46. The van der Waals surface area contributed by atoms with E-state index in [9.17, 15) is 39.3 Å². The van der Waals surface area contributed by atoms with Gasteiger partial charge in [-0.3, -0.25) is 24.2 Å². The Labute approximate surface area is 314 Å². The topological polar surface area (TPSA) is 218 Å². The maximum atomic E-state index is 14.1. The van der Waals surface area contributed by atoms with Crippen LogP contribution in [0.2, 0.25) is 0 Å². The van der Waals surface area contributed by atoms with E-state index in [0.717, 1.165) is 101 Å². The van der Waals surface area contributed by atoms with Gasteiger partial charge in [0.1, 0.15) is 23.8 Å². The summed E-state index contributed by atoms with van der Waals surface area (Å²) in [5, 5.41) is 32.8. The monoisotopic (exact) mass is 752 g/mol. The minimum Gasteiger partial charge on any atom is -0.480 e. The van der Waals surface area contributed by atoms with E-state index in [1.807, 2.05) is 12.1 Å². The molecule has 1 aromatic heterocycles. The highest BCUT2D eigenvalue weighted by molar-refractivity contribution is 8.00. The van der Waals surface area contributed by atoms with Crippen LogP contribution < -0.4 is 16.4 Å². The first-order chi connectivity index (χ1) is 25.4. The van der Waals surface area contributed by atoms with Crippen molar-refractivity contribution in [1.29, 1.82) is 0 Å². The Morgan fingerprint density at radius 3 is 2.11 bits per heavy atom. The lowest BCUT2D eigenvalue weighted by Crippen LogP contribution is -2.53. The third-order valence-electron chi connectivity index (χ3n) is 12.4. The molecule has 7 N–H and O–H groups in total. The average Bonchev–Trinajstić information content (AvgIpc) is 3.89. The second-order valence-electron chi connectivity index (χ2n) is 15.7. The molecule has 1 aliphatic heterocycles. The molecule has 13 nitrogen and oxygen atoms in total. The van der Waals surface area contributed by atoms with Gasteiger partial charge in [0.2, 0.25) is 18.0 Å². The second kappa shape index (κ2) is 16.7. The van der Waals surface area contributed by atoms with E-state index < -0.39 is 48.0 Å². The number of aliphatic hydroxyl groups excluding tert-OH is 1. The largest absolute Gasteiger partial charge is 0.480 e. The molecular formula is C39H52N4O9S. The molecule has 2 spiro atoms. The number of hydrogen-bond acceptors (Lipinski definition) is 10. The Morgan fingerprint density at radius 2 is 1.53 bits per heavy atom. The van der Waals surface area contributed by atoms with Gasteiger partial charge in [0.05, 0.1) is 5.25 Å². The fraction of sp³-hybridized carbons (Fsp3) is 0.641. The zero-order valence-electron chi connectivity index (χ0n) is 30.1. The van der Waals surface area contributed by atoms with Crippen LogP contribution in [0.15, 0.2) is 47.5 Å². The van der Waals surface area contributed by atoms with Crippen molar-refractivity contribution in [1.82, 2.24) is 15.6 Å². The summed E-state index contributed by atoms with van der Waals surface area (Å²) in [4.78, 5) is 67.4. The minimum absolute atomic E-state index is 0.000742. The number of hydrogen-bond donors (Lipinski definition) is 6. The molecular weight excluding hydrogens is 701 g/mol. The molecule has 53 heavy (non-hydrogen) atoms. The van der Waals surface area contributed by atoms with Crippen LogP contribution in [0.1, 0.15) is 102 Å². The molecule has 2 saturated carbocycles. The number of carboxylic acids is 2. The number of fused-ring (bicyclic) bond motifs is 1. The van der Waals surface area contributed by atoms with Gasteiger partial charge >= 0.3 is 17.9 Å². The molecule has 0 bridgehead atoms. The van der Waals surface area contributed by atoms with Gasteiger partial charge in [-0.25, -0.2) is 4.79 Å². The maximum Gasteiger partial charge on any atom is 0.353 e. The van der Waals surface area contributed by atoms with Crippen LogP contribution in [0.5, 0.6) is 0 Å². The molecule has 0 saturated heterocycles. The van der Waals surface area contributed by atoms with E-state index in [1.165, 1.54) is 17.3 Å². The lowest BCUT2D eigenvalue weighted by Gasteiger charge is -2.45. The average molecular weight is 753 g/mol. The molecule has 2 amide bonds. The van der Waals surface area contributed by atoms with Crippen LogP contribution in [-0.4, -0.2) is 79.3 Å². The number of aliphatic hydroxyl groups is 1. The summed E-state index contributed by atoms with van der Waals surface area (Å²) in [5.41, 5.74) is 8.90. The lowest BCUT2D eigenvalue weighted by molar-refractivity contribution is -0.151. The number of carbonyl (C=O) groups excluding carboxylic acids is 3. The molecule has 14 heteroatoms. The molecule has 6 rings (SSSR count). The zero-order chi connectivity index (χ0) is 37.8. The van der Waals surface area contributed by atoms with Gasteiger partial charge in [-0.2, -0.15) is 0 Å². The fourth-order valence-electron chi connectivity index (χ4n) is 9.79. The van der Waals surface area contributed by atoms with E-state index in [2.05, 4.69) is 21.7 Å². The molecule has 1 aromatic rings. The van der Waals surface area contributed by atoms with Gasteiger partial charge in [0.15, 0.2) is 0 Å². The zero-order valence-corrected chi connectivity index (χ0v) is 30.9. The van der Waals surface area contributed by atoms with Gasteiger partial charge in [-0.1, -0.05) is 50.2 Å². The number of rotatable bonds is 13. The Balaban J connectivity index is 1.37. The Bertz CT molecular complexity index is 1620. The number of pyridine rings is 1. The molecule has 0 radical (unpaired) electrons. The highest BCUT2D eigenvalue weighted by atomic mass is 32.2. The highest BCUT2D eigenvalue weighted by Gasteiger charge is 2.55. The Kier molecular flexibility index (Phi) is 12.3. The van der Waals surface area contributed by atoms with Gasteiger partial charge in [-0.15, -0.1) is 11.8 Å². The second-order valence-corrected chi connectivity index (χ2v) is 16.9. The van der Waals surface area contributed by atoms with Crippen LogP contribution in [0.4, 0.5) is 0 Å².